The van der Waals surface area contributed by atoms with Crippen LogP contribution in [-0.4, -0.2) is 36.6 Å². The molecule has 8 nitrogen and oxygen atoms in total. The molecule has 3 rings (SSSR count). The third kappa shape index (κ3) is 8.95. The van der Waals surface area contributed by atoms with Crippen LogP contribution >= 0.6 is 0 Å². The number of aliphatic carboxylic acids is 1. The molecule has 0 fully saturated rings. The fourth-order valence-electron chi connectivity index (χ4n) is 3.51. The van der Waals surface area contributed by atoms with Crippen molar-refractivity contribution < 1.29 is 37.3 Å². The number of ether oxygens (including phenoxy) is 2. The number of carboxylic acid groups (broad SMARTS) is 1. The van der Waals surface area contributed by atoms with Crippen LogP contribution in [0.3, 0.4) is 0 Å². The number of carboxylic acids is 1. The molecule has 0 unspecified atom stereocenters. The maximum Gasteiger partial charge on any atom is 0.573 e. The SMILES string of the molecule is CCCN(Cc1ccccc1)c1ccc(OCC(=O)O)cc1NC(=O)Nc1ccc(OC(F)(F)F)cc1. The van der Waals surface area contributed by atoms with Crippen LogP contribution in [0.1, 0.15) is 18.9 Å². The van der Waals surface area contributed by atoms with Crippen molar-refractivity contribution in [2.24, 2.45) is 0 Å². The van der Waals surface area contributed by atoms with Crippen molar-refractivity contribution in [1.82, 2.24) is 0 Å². The topological polar surface area (TPSA) is 100 Å². The number of amides is 2. The normalized spacial score (nSPS) is 10.9. The average Bonchev–Trinajstić information content (AvgIpc) is 2.83. The van der Waals surface area contributed by atoms with Gasteiger partial charge in [0.2, 0.25) is 0 Å². The van der Waals surface area contributed by atoms with E-state index in [4.69, 9.17) is 9.84 Å². The first kappa shape index (κ1) is 27.2. The first-order valence-electron chi connectivity index (χ1n) is 11.3. The van der Waals surface area contributed by atoms with Gasteiger partial charge in [-0.3, -0.25) is 0 Å². The number of benzene rings is 3. The number of rotatable bonds is 11. The Labute approximate surface area is 211 Å². The molecule has 0 saturated heterocycles. The molecular weight excluding hydrogens is 491 g/mol. The number of urea groups is 1. The van der Waals surface area contributed by atoms with E-state index in [2.05, 4.69) is 20.3 Å². The quantitative estimate of drug-likeness (QED) is 0.284. The fraction of sp³-hybridized carbons (Fsp3) is 0.231. The Morgan fingerprint density at radius 1 is 0.946 bits per heavy atom. The van der Waals surface area contributed by atoms with Crippen LogP contribution in [-0.2, 0) is 11.3 Å². The van der Waals surface area contributed by atoms with Gasteiger partial charge in [0.1, 0.15) is 11.5 Å². The highest BCUT2D eigenvalue weighted by Crippen LogP contribution is 2.32. The van der Waals surface area contributed by atoms with E-state index in [-0.39, 0.29) is 11.4 Å². The largest absolute Gasteiger partial charge is 0.573 e. The predicted octanol–water partition coefficient (Wildman–Crippen LogP) is 6.11. The van der Waals surface area contributed by atoms with Crippen molar-refractivity contribution >= 4 is 29.1 Å². The Bertz CT molecular complexity index is 1190. The number of anilines is 3. The number of hydrogen-bond acceptors (Lipinski definition) is 5. The van der Waals surface area contributed by atoms with Gasteiger partial charge < -0.3 is 30.1 Å². The van der Waals surface area contributed by atoms with Crippen molar-refractivity contribution in [3.05, 3.63) is 78.4 Å². The second-order valence-corrected chi connectivity index (χ2v) is 7.92. The van der Waals surface area contributed by atoms with Crippen LogP contribution in [0.15, 0.2) is 72.8 Å². The molecule has 0 atom stereocenters. The summed E-state index contributed by atoms with van der Waals surface area (Å²) >= 11 is 0. The summed E-state index contributed by atoms with van der Waals surface area (Å²) in [6, 6.07) is 18.7. The van der Waals surface area contributed by atoms with Crippen molar-refractivity contribution in [3.63, 3.8) is 0 Å². The molecule has 3 N–H and O–H groups in total. The van der Waals surface area contributed by atoms with E-state index in [0.29, 0.717) is 24.5 Å². The molecule has 0 saturated carbocycles. The smallest absolute Gasteiger partial charge is 0.482 e. The summed E-state index contributed by atoms with van der Waals surface area (Å²) in [5.41, 5.74) is 2.33. The summed E-state index contributed by atoms with van der Waals surface area (Å²) in [5, 5.41) is 14.2. The van der Waals surface area contributed by atoms with Gasteiger partial charge in [-0.1, -0.05) is 37.3 Å². The van der Waals surface area contributed by atoms with Crippen LogP contribution in [0.2, 0.25) is 0 Å². The summed E-state index contributed by atoms with van der Waals surface area (Å²) < 4.78 is 46.2. The molecule has 0 aliphatic carbocycles. The van der Waals surface area contributed by atoms with Gasteiger partial charge in [-0.25, -0.2) is 9.59 Å². The molecule has 0 bridgehead atoms. The van der Waals surface area contributed by atoms with E-state index in [1.807, 2.05) is 37.3 Å². The van der Waals surface area contributed by atoms with Crippen LogP contribution < -0.4 is 25.0 Å². The summed E-state index contributed by atoms with van der Waals surface area (Å²) in [6.07, 6.45) is -4.00. The molecule has 2 amide bonds. The maximum absolute atomic E-state index is 12.8. The second kappa shape index (κ2) is 12.5. The minimum Gasteiger partial charge on any atom is -0.482 e. The van der Waals surface area contributed by atoms with Crippen molar-refractivity contribution in [1.29, 1.82) is 0 Å². The Hall–Kier alpha value is -4.41. The monoisotopic (exact) mass is 517 g/mol. The molecule has 3 aromatic rings. The molecule has 0 spiro atoms. The van der Waals surface area contributed by atoms with Gasteiger partial charge in [-0.05, 0) is 48.4 Å². The standard InChI is InChI=1S/C26H26F3N3O5/c1-2-14-32(16-18-6-4-3-5-7-18)23-13-12-21(36-17-24(33)34)15-22(23)31-25(35)30-19-8-10-20(11-9-19)37-26(27,28)29/h3-13,15H,2,14,16-17H2,1H3,(H,33,34)(H2,30,31,35). The number of alkyl halides is 3. The van der Waals surface area contributed by atoms with E-state index in [0.717, 1.165) is 24.1 Å². The number of halogens is 3. The molecule has 196 valence electrons. The highest BCUT2D eigenvalue weighted by molar-refractivity contribution is 6.02. The number of carbonyl (C=O) groups excluding carboxylic acids is 1. The molecular formula is C26H26F3N3O5. The maximum atomic E-state index is 12.8. The van der Waals surface area contributed by atoms with Crippen LogP contribution in [0, 0.1) is 0 Å². The fourth-order valence-corrected chi connectivity index (χ4v) is 3.51. The van der Waals surface area contributed by atoms with Gasteiger partial charge in [-0.2, -0.15) is 0 Å². The Balaban J connectivity index is 1.82. The van der Waals surface area contributed by atoms with Crippen molar-refractivity contribution in [3.8, 4) is 11.5 Å². The highest BCUT2D eigenvalue weighted by atomic mass is 19.4. The zero-order chi connectivity index (χ0) is 26.8. The number of nitrogens with zero attached hydrogens (tertiary/aromatic N) is 1. The molecule has 0 aliphatic heterocycles. The van der Waals surface area contributed by atoms with Crippen LogP contribution in [0.25, 0.3) is 0 Å². The van der Waals surface area contributed by atoms with E-state index in [9.17, 15) is 22.8 Å². The van der Waals surface area contributed by atoms with Gasteiger partial charge >= 0.3 is 18.4 Å². The van der Waals surface area contributed by atoms with Crippen molar-refractivity contribution in [2.45, 2.75) is 26.3 Å². The predicted molar refractivity (Wildman–Crippen MR) is 133 cm³/mol. The number of hydrogen-bond donors (Lipinski definition) is 3. The Kier molecular flexibility index (Phi) is 9.20. The van der Waals surface area contributed by atoms with Gasteiger partial charge in [0.05, 0.1) is 11.4 Å². The summed E-state index contributed by atoms with van der Waals surface area (Å²) in [7, 11) is 0. The lowest BCUT2D eigenvalue weighted by Crippen LogP contribution is -2.26. The lowest BCUT2D eigenvalue weighted by atomic mass is 10.1. The summed E-state index contributed by atoms with van der Waals surface area (Å²) in [6.45, 7) is 2.69. The Morgan fingerprint density at radius 3 is 2.24 bits per heavy atom. The van der Waals surface area contributed by atoms with Crippen LogP contribution in [0.4, 0.5) is 35.0 Å². The Morgan fingerprint density at radius 2 is 1.62 bits per heavy atom. The van der Waals surface area contributed by atoms with E-state index >= 15 is 0 Å². The van der Waals surface area contributed by atoms with E-state index in [1.54, 1.807) is 12.1 Å². The molecule has 3 aromatic carbocycles. The first-order chi connectivity index (χ1) is 17.6. The third-order valence-electron chi connectivity index (χ3n) is 4.97. The van der Waals surface area contributed by atoms with Crippen LogP contribution in [0.5, 0.6) is 11.5 Å². The van der Waals surface area contributed by atoms with Gasteiger partial charge in [-0.15, -0.1) is 13.2 Å². The van der Waals surface area contributed by atoms with Gasteiger partial charge in [0.15, 0.2) is 6.61 Å². The lowest BCUT2D eigenvalue weighted by molar-refractivity contribution is -0.274. The van der Waals surface area contributed by atoms with Crippen molar-refractivity contribution in [2.75, 3.05) is 28.7 Å². The lowest BCUT2D eigenvalue weighted by Gasteiger charge is -2.27. The molecule has 0 aromatic heterocycles. The zero-order valence-electron chi connectivity index (χ0n) is 19.9. The van der Waals surface area contributed by atoms with Gasteiger partial charge in [0, 0.05) is 24.8 Å². The minimum atomic E-state index is -4.82. The molecule has 11 heteroatoms. The molecule has 37 heavy (non-hydrogen) atoms. The molecule has 0 radical (unpaired) electrons. The summed E-state index contributed by atoms with van der Waals surface area (Å²) in [5.74, 6) is -1.32. The summed E-state index contributed by atoms with van der Waals surface area (Å²) in [4.78, 5) is 25.8. The molecule has 0 aliphatic rings. The van der Waals surface area contributed by atoms with E-state index < -0.39 is 30.7 Å². The number of nitrogens with one attached hydrogen (secondary N) is 2. The average molecular weight is 518 g/mol. The number of carbonyl (C=O) groups is 2. The molecule has 0 heterocycles. The van der Waals surface area contributed by atoms with E-state index in [1.165, 1.54) is 18.2 Å². The third-order valence-corrected chi connectivity index (χ3v) is 4.97. The first-order valence-corrected chi connectivity index (χ1v) is 11.3. The second-order valence-electron chi connectivity index (χ2n) is 7.92. The minimum absolute atomic E-state index is 0.238. The zero-order valence-corrected chi connectivity index (χ0v) is 19.9. The van der Waals surface area contributed by atoms with Gasteiger partial charge in [0.25, 0.3) is 0 Å². The highest BCUT2D eigenvalue weighted by Gasteiger charge is 2.31.